The number of pyridine rings is 1. The van der Waals surface area contributed by atoms with Gasteiger partial charge in [-0.05, 0) is 46.2 Å². The van der Waals surface area contributed by atoms with Gasteiger partial charge in [-0.2, -0.15) is 11.3 Å². The maximum Gasteiger partial charge on any atom is 0.0922 e. The number of aliphatic hydroxyl groups excluding tert-OH is 1. The molecule has 4 heteroatoms. The summed E-state index contributed by atoms with van der Waals surface area (Å²) in [6, 6.07) is 16.2. The molecule has 0 aliphatic carbocycles. The second-order valence-electron chi connectivity index (χ2n) is 5.12. The summed E-state index contributed by atoms with van der Waals surface area (Å²) in [7, 11) is 0. The third kappa shape index (κ3) is 3.80. The van der Waals surface area contributed by atoms with E-state index in [0.717, 1.165) is 23.4 Å². The molecule has 0 radical (unpaired) electrons. The first-order chi connectivity index (χ1) is 10.8. The van der Waals surface area contributed by atoms with E-state index in [1.807, 2.05) is 41.1 Å². The van der Waals surface area contributed by atoms with Crippen molar-refractivity contribution in [3.63, 3.8) is 0 Å². The molecule has 0 aliphatic heterocycles. The smallest absolute Gasteiger partial charge is 0.0922 e. The van der Waals surface area contributed by atoms with Crippen LogP contribution in [0.2, 0.25) is 0 Å². The van der Waals surface area contributed by atoms with E-state index in [2.05, 4.69) is 28.5 Å². The van der Waals surface area contributed by atoms with Gasteiger partial charge in [-0.15, -0.1) is 0 Å². The van der Waals surface area contributed by atoms with Crippen LogP contribution in [-0.4, -0.2) is 16.6 Å². The van der Waals surface area contributed by atoms with Crippen molar-refractivity contribution in [2.75, 3.05) is 6.54 Å². The third-order valence-electron chi connectivity index (χ3n) is 3.48. The van der Waals surface area contributed by atoms with E-state index >= 15 is 0 Å². The molecule has 1 atom stereocenters. The lowest BCUT2D eigenvalue weighted by Crippen LogP contribution is -2.20. The van der Waals surface area contributed by atoms with E-state index in [-0.39, 0.29) is 0 Å². The Morgan fingerprint density at radius 3 is 2.86 bits per heavy atom. The van der Waals surface area contributed by atoms with E-state index in [1.165, 1.54) is 5.56 Å². The SMILES string of the molecule is OC(CNCc1cccc(-c2ccccn2)c1)c1ccsc1. The second-order valence-corrected chi connectivity index (χ2v) is 5.90. The van der Waals surface area contributed by atoms with Gasteiger partial charge in [-0.1, -0.05) is 24.3 Å². The average molecular weight is 310 g/mol. The van der Waals surface area contributed by atoms with E-state index in [9.17, 15) is 5.11 Å². The molecule has 0 saturated carbocycles. The molecule has 0 saturated heterocycles. The number of rotatable bonds is 6. The van der Waals surface area contributed by atoms with Crippen molar-refractivity contribution in [1.82, 2.24) is 10.3 Å². The van der Waals surface area contributed by atoms with Gasteiger partial charge >= 0.3 is 0 Å². The zero-order valence-electron chi connectivity index (χ0n) is 12.1. The molecule has 2 N–H and O–H groups in total. The number of benzene rings is 1. The fraction of sp³-hybridized carbons (Fsp3) is 0.167. The molecule has 0 spiro atoms. The Bertz CT molecular complexity index is 698. The summed E-state index contributed by atoms with van der Waals surface area (Å²) in [6.07, 6.45) is 1.35. The van der Waals surface area contributed by atoms with Gasteiger partial charge in [0.2, 0.25) is 0 Å². The highest BCUT2D eigenvalue weighted by atomic mass is 32.1. The molecule has 1 unspecified atom stereocenters. The van der Waals surface area contributed by atoms with Gasteiger partial charge in [0.25, 0.3) is 0 Å². The normalized spacial score (nSPS) is 12.2. The van der Waals surface area contributed by atoms with Gasteiger partial charge in [-0.25, -0.2) is 0 Å². The van der Waals surface area contributed by atoms with Crippen molar-refractivity contribution in [2.45, 2.75) is 12.6 Å². The summed E-state index contributed by atoms with van der Waals surface area (Å²) in [5.74, 6) is 0. The van der Waals surface area contributed by atoms with Crippen LogP contribution in [0, 0.1) is 0 Å². The zero-order valence-corrected chi connectivity index (χ0v) is 13.0. The summed E-state index contributed by atoms with van der Waals surface area (Å²) in [6.45, 7) is 1.27. The lowest BCUT2D eigenvalue weighted by atomic mass is 10.1. The van der Waals surface area contributed by atoms with Crippen LogP contribution in [0.1, 0.15) is 17.2 Å². The minimum atomic E-state index is -0.453. The van der Waals surface area contributed by atoms with Crippen LogP contribution >= 0.6 is 11.3 Å². The molecule has 3 aromatic rings. The maximum atomic E-state index is 10.1. The standard InChI is InChI=1S/C18H18N2OS/c21-18(16-7-9-22-13-16)12-19-11-14-4-3-5-15(10-14)17-6-1-2-8-20-17/h1-10,13,18-19,21H,11-12H2. The Morgan fingerprint density at radius 2 is 2.09 bits per heavy atom. The van der Waals surface area contributed by atoms with Crippen molar-refractivity contribution in [3.8, 4) is 11.3 Å². The Kier molecular flexibility index (Phi) is 4.96. The Balaban J connectivity index is 1.59. The molecule has 0 bridgehead atoms. The molecule has 2 heterocycles. The zero-order chi connectivity index (χ0) is 15.2. The molecule has 0 fully saturated rings. The van der Waals surface area contributed by atoms with Gasteiger partial charge in [0, 0.05) is 24.8 Å². The minimum Gasteiger partial charge on any atom is -0.387 e. The minimum absolute atomic E-state index is 0.453. The van der Waals surface area contributed by atoms with Crippen LogP contribution in [-0.2, 0) is 6.54 Å². The summed E-state index contributed by atoms with van der Waals surface area (Å²) in [5, 5.41) is 17.3. The molecule has 1 aromatic carbocycles. The number of hydrogen-bond acceptors (Lipinski definition) is 4. The van der Waals surface area contributed by atoms with Gasteiger partial charge in [-0.3, -0.25) is 4.98 Å². The van der Waals surface area contributed by atoms with Gasteiger partial charge in [0.15, 0.2) is 0 Å². The predicted octanol–water partition coefficient (Wildman–Crippen LogP) is 3.63. The number of nitrogens with zero attached hydrogens (tertiary/aromatic N) is 1. The van der Waals surface area contributed by atoms with Crippen LogP contribution in [0.25, 0.3) is 11.3 Å². The monoisotopic (exact) mass is 310 g/mol. The molecule has 3 nitrogen and oxygen atoms in total. The van der Waals surface area contributed by atoms with Crippen LogP contribution in [0.5, 0.6) is 0 Å². The number of hydrogen-bond donors (Lipinski definition) is 2. The first kappa shape index (κ1) is 14.9. The summed E-state index contributed by atoms with van der Waals surface area (Å²) < 4.78 is 0. The fourth-order valence-corrected chi connectivity index (χ4v) is 3.02. The van der Waals surface area contributed by atoms with Gasteiger partial charge in [0.05, 0.1) is 11.8 Å². The Morgan fingerprint density at radius 1 is 1.14 bits per heavy atom. The van der Waals surface area contributed by atoms with Crippen molar-refractivity contribution >= 4 is 11.3 Å². The molecule has 0 aliphatic rings. The van der Waals surface area contributed by atoms with E-state index < -0.39 is 6.10 Å². The first-order valence-corrected chi connectivity index (χ1v) is 8.18. The highest BCUT2D eigenvalue weighted by Crippen LogP contribution is 2.18. The molecular weight excluding hydrogens is 292 g/mol. The highest BCUT2D eigenvalue weighted by molar-refractivity contribution is 7.07. The van der Waals surface area contributed by atoms with Crippen molar-refractivity contribution in [2.24, 2.45) is 0 Å². The quantitative estimate of drug-likeness (QED) is 0.731. The lowest BCUT2D eigenvalue weighted by molar-refractivity contribution is 0.175. The number of aromatic nitrogens is 1. The topological polar surface area (TPSA) is 45.1 Å². The van der Waals surface area contributed by atoms with Crippen molar-refractivity contribution in [1.29, 1.82) is 0 Å². The summed E-state index contributed by atoms with van der Waals surface area (Å²) in [5.41, 5.74) is 4.24. The second kappa shape index (κ2) is 7.31. The molecule has 3 rings (SSSR count). The van der Waals surface area contributed by atoms with Crippen LogP contribution < -0.4 is 5.32 Å². The van der Waals surface area contributed by atoms with Gasteiger partial charge < -0.3 is 10.4 Å². The first-order valence-electron chi connectivity index (χ1n) is 7.24. The lowest BCUT2D eigenvalue weighted by Gasteiger charge is -2.11. The maximum absolute atomic E-state index is 10.1. The Labute approximate surface area is 134 Å². The summed E-state index contributed by atoms with van der Waals surface area (Å²) >= 11 is 1.60. The van der Waals surface area contributed by atoms with Gasteiger partial charge in [0.1, 0.15) is 0 Å². The highest BCUT2D eigenvalue weighted by Gasteiger charge is 2.07. The number of nitrogens with one attached hydrogen (secondary N) is 1. The van der Waals surface area contributed by atoms with Crippen LogP contribution in [0.3, 0.4) is 0 Å². The molecule has 2 aromatic heterocycles. The third-order valence-corrected chi connectivity index (χ3v) is 4.18. The van der Waals surface area contributed by atoms with Crippen LogP contribution in [0.15, 0.2) is 65.5 Å². The largest absolute Gasteiger partial charge is 0.387 e. The van der Waals surface area contributed by atoms with E-state index in [4.69, 9.17) is 0 Å². The van der Waals surface area contributed by atoms with Crippen molar-refractivity contribution < 1.29 is 5.11 Å². The molecule has 112 valence electrons. The number of thiophene rings is 1. The molecule has 0 amide bonds. The molecule has 22 heavy (non-hydrogen) atoms. The number of aliphatic hydroxyl groups is 1. The van der Waals surface area contributed by atoms with Crippen LogP contribution in [0.4, 0.5) is 0 Å². The Hall–Kier alpha value is -2.01. The molecular formula is C18H18N2OS. The predicted molar refractivity (Wildman–Crippen MR) is 90.7 cm³/mol. The van der Waals surface area contributed by atoms with Crippen molar-refractivity contribution in [3.05, 3.63) is 76.6 Å². The van der Waals surface area contributed by atoms with E-state index in [0.29, 0.717) is 6.54 Å². The fourth-order valence-electron chi connectivity index (χ4n) is 2.31. The van der Waals surface area contributed by atoms with E-state index in [1.54, 1.807) is 17.5 Å². The average Bonchev–Trinajstić information content (AvgIpc) is 3.10. The summed E-state index contributed by atoms with van der Waals surface area (Å²) in [4.78, 5) is 4.37.